The van der Waals surface area contributed by atoms with Crippen LogP contribution in [0.1, 0.15) is 0 Å². The molecule has 60 heavy (non-hydrogen) atoms. The molecule has 0 saturated heterocycles. The molecule has 0 aliphatic carbocycles. The monoisotopic (exact) mass is 781 g/mol. The third-order valence-electron chi connectivity index (χ3n) is 11.7. The average Bonchev–Trinajstić information content (AvgIpc) is 3.73. The number of hydrogen-bond donors (Lipinski definition) is 0. The molecule has 0 bridgehead atoms. The molecule has 2 heteroatoms. The number of benzene rings is 10. The van der Waals surface area contributed by atoms with Gasteiger partial charge in [0.25, 0.3) is 0 Å². The van der Waals surface area contributed by atoms with Gasteiger partial charge < -0.3 is 4.90 Å². The van der Waals surface area contributed by atoms with Gasteiger partial charge in [0.1, 0.15) is 0 Å². The molecule has 0 radical (unpaired) electrons. The first-order valence-electron chi connectivity index (χ1n) is 20.5. The molecule has 1 nitrogen and oxygen atoms in total. The SMILES string of the molecule is c1ccc(-c2ccc(N(c3ccc(-c4cccc(-c5ccccc5)c4)cc3)c3ccc(-c4cccc(-c5cccc6c5sc5ccc7ccccc7c56)c4)cc3)cc2)cc1. The van der Waals surface area contributed by atoms with Gasteiger partial charge in [-0.2, -0.15) is 0 Å². The summed E-state index contributed by atoms with van der Waals surface area (Å²) in [7, 11) is 0. The van der Waals surface area contributed by atoms with Gasteiger partial charge >= 0.3 is 0 Å². The summed E-state index contributed by atoms with van der Waals surface area (Å²) in [6.45, 7) is 0. The molecule has 0 spiro atoms. The van der Waals surface area contributed by atoms with E-state index in [1.165, 1.54) is 86.6 Å². The van der Waals surface area contributed by atoms with Crippen molar-refractivity contribution in [3.63, 3.8) is 0 Å². The molecular formula is C58H39NS. The van der Waals surface area contributed by atoms with Crippen LogP contribution < -0.4 is 4.90 Å². The lowest BCUT2D eigenvalue weighted by molar-refractivity contribution is 1.28. The summed E-state index contributed by atoms with van der Waals surface area (Å²) in [4.78, 5) is 2.35. The van der Waals surface area contributed by atoms with E-state index in [0.29, 0.717) is 0 Å². The van der Waals surface area contributed by atoms with E-state index < -0.39 is 0 Å². The molecule has 11 aromatic rings. The van der Waals surface area contributed by atoms with Crippen LogP contribution in [0.2, 0.25) is 0 Å². The molecule has 0 amide bonds. The third-order valence-corrected chi connectivity index (χ3v) is 12.9. The number of thiophene rings is 1. The van der Waals surface area contributed by atoms with Gasteiger partial charge in [0.05, 0.1) is 0 Å². The summed E-state index contributed by atoms with van der Waals surface area (Å²) in [5.41, 5.74) is 15.4. The zero-order valence-electron chi connectivity index (χ0n) is 32.9. The van der Waals surface area contributed by atoms with E-state index in [1.54, 1.807) is 0 Å². The normalized spacial score (nSPS) is 11.3. The van der Waals surface area contributed by atoms with Gasteiger partial charge in [-0.25, -0.2) is 0 Å². The molecule has 1 heterocycles. The van der Waals surface area contributed by atoms with Crippen molar-refractivity contribution in [3.8, 4) is 55.6 Å². The summed E-state index contributed by atoms with van der Waals surface area (Å²) in [6.07, 6.45) is 0. The van der Waals surface area contributed by atoms with E-state index in [2.05, 4.69) is 241 Å². The van der Waals surface area contributed by atoms with E-state index in [9.17, 15) is 0 Å². The maximum absolute atomic E-state index is 2.35. The fourth-order valence-electron chi connectivity index (χ4n) is 8.66. The first-order chi connectivity index (χ1) is 29.7. The average molecular weight is 782 g/mol. The molecular weight excluding hydrogens is 743 g/mol. The van der Waals surface area contributed by atoms with E-state index >= 15 is 0 Å². The predicted molar refractivity (Wildman–Crippen MR) is 259 cm³/mol. The van der Waals surface area contributed by atoms with Gasteiger partial charge in [0.2, 0.25) is 0 Å². The molecule has 10 aromatic carbocycles. The predicted octanol–water partition coefficient (Wildman–Crippen LogP) is 17.0. The Morgan fingerprint density at radius 2 is 0.700 bits per heavy atom. The first-order valence-corrected chi connectivity index (χ1v) is 21.3. The molecule has 282 valence electrons. The third kappa shape index (κ3) is 6.63. The molecule has 0 aliphatic heterocycles. The summed E-state index contributed by atoms with van der Waals surface area (Å²) in [6, 6.07) is 85.9. The van der Waals surface area contributed by atoms with Crippen LogP contribution >= 0.6 is 11.3 Å². The van der Waals surface area contributed by atoms with Crippen LogP contribution in [0.25, 0.3) is 86.6 Å². The highest BCUT2D eigenvalue weighted by atomic mass is 32.1. The molecule has 11 rings (SSSR count). The van der Waals surface area contributed by atoms with Crippen LogP contribution in [0.4, 0.5) is 17.1 Å². The molecule has 0 N–H and O–H groups in total. The van der Waals surface area contributed by atoms with Crippen molar-refractivity contribution in [1.29, 1.82) is 0 Å². The minimum Gasteiger partial charge on any atom is -0.311 e. The number of rotatable bonds is 8. The maximum Gasteiger partial charge on any atom is 0.0462 e. The molecule has 0 unspecified atom stereocenters. The quantitative estimate of drug-likeness (QED) is 0.148. The van der Waals surface area contributed by atoms with Crippen LogP contribution in [-0.2, 0) is 0 Å². The lowest BCUT2D eigenvalue weighted by Gasteiger charge is -2.26. The van der Waals surface area contributed by atoms with Crippen molar-refractivity contribution < 1.29 is 0 Å². The highest BCUT2D eigenvalue weighted by molar-refractivity contribution is 7.26. The molecule has 1 aromatic heterocycles. The largest absolute Gasteiger partial charge is 0.311 e. The van der Waals surface area contributed by atoms with Crippen molar-refractivity contribution in [2.45, 2.75) is 0 Å². The summed E-state index contributed by atoms with van der Waals surface area (Å²) in [5.74, 6) is 0. The Balaban J connectivity index is 0.942. The number of fused-ring (bicyclic) bond motifs is 5. The van der Waals surface area contributed by atoms with Crippen molar-refractivity contribution in [1.82, 2.24) is 0 Å². The second-order valence-electron chi connectivity index (χ2n) is 15.3. The van der Waals surface area contributed by atoms with Gasteiger partial charge in [0, 0.05) is 37.2 Å². The first kappa shape index (κ1) is 35.6. The minimum atomic E-state index is 1.10. The summed E-state index contributed by atoms with van der Waals surface area (Å²) >= 11 is 1.89. The molecule has 0 aliphatic rings. The van der Waals surface area contributed by atoms with Gasteiger partial charge in [-0.1, -0.05) is 182 Å². The van der Waals surface area contributed by atoms with Crippen molar-refractivity contribution in [3.05, 3.63) is 237 Å². The summed E-state index contributed by atoms with van der Waals surface area (Å²) < 4.78 is 2.66. The van der Waals surface area contributed by atoms with E-state index in [0.717, 1.165) is 17.1 Å². The smallest absolute Gasteiger partial charge is 0.0462 e. The number of anilines is 3. The van der Waals surface area contributed by atoms with E-state index in [1.807, 2.05) is 11.3 Å². The van der Waals surface area contributed by atoms with Crippen molar-refractivity contribution in [2.75, 3.05) is 4.90 Å². The van der Waals surface area contributed by atoms with Gasteiger partial charge in [0.15, 0.2) is 0 Å². The van der Waals surface area contributed by atoms with Gasteiger partial charge in [-0.15, -0.1) is 11.3 Å². The Hall–Kier alpha value is -7.52. The summed E-state index contributed by atoms with van der Waals surface area (Å²) in [5, 5.41) is 5.28. The van der Waals surface area contributed by atoms with Crippen LogP contribution in [0.3, 0.4) is 0 Å². The van der Waals surface area contributed by atoms with Crippen LogP contribution in [0, 0.1) is 0 Å². The molecule has 0 saturated carbocycles. The lowest BCUT2D eigenvalue weighted by atomic mass is 9.97. The number of hydrogen-bond acceptors (Lipinski definition) is 2. The van der Waals surface area contributed by atoms with Crippen molar-refractivity contribution in [2.24, 2.45) is 0 Å². The second kappa shape index (κ2) is 15.3. The topological polar surface area (TPSA) is 3.24 Å². The Kier molecular flexibility index (Phi) is 9.11. The minimum absolute atomic E-state index is 1.10. The van der Waals surface area contributed by atoms with Gasteiger partial charge in [-0.3, -0.25) is 0 Å². The van der Waals surface area contributed by atoms with Crippen molar-refractivity contribution >= 4 is 59.3 Å². The molecule has 0 atom stereocenters. The number of nitrogens with zero attached hydrogens (tertiary/aromatic N) is 1. The Bertz CT molecular complexity index is 3270. The Morgan fingerprint density at radius 3 is 1.28 bits per heavy atom. The lowest BCUT2D eigenvalue weighted by Crippen LogP contribution is -2.09. The van der Waals surface area contributed by atoms with Crippen LogP contribution in [0.5, 0.6) is 0 Å². The highest BCUT2D eigenvalue weighted by Crippen LogP contribution is 2.44. The zero-order chi connectivity index (χ0) is 39.8. The zero-order valence-corrected chi connectivity index (χ0v) is 33.7. The fourth-order valence-corrected chi connectivity index (χ4v) is 9.91. The Labute approximate surface area is 354 Å². The fraction of sp³-hybridized carbons (Fsp3) is 0. The van der Waals surface area contributed by atoms with Crippen LogP contribution in [-0.4, -0.2) is 0 Å². The maximum atomic E-state index is 2.35. The van der Waals surface area contributed by atoms with Gasteiger partial charge in [-0.05, 0) is 121 Å². The second-order valence-corrected chi connectivity index (χ2v) is 16.4. The van der Waals surface area contributed by atoms with E-state index in [4.69, 9.17) is 0 Å². The van der Waals surface area contributed by atoms with Crippen LogP contribution in [0.15, 0.2) is 237 Å². The standard InChI is InChI=1S/C58H39NS/c1-3-12-40(13-4-1)42-24-31-50(32-25-42)59(51-33-26-43(27-34-51)47-18-9-17-46(38-47)41-14-5-2-6-15-41)52-35-28-44(29-36-52)48-19-10-20-49(39-48)54-22-11-23-55-57-53-21-8-7-16-45(53)30-37-56(57)60-58(54)55/h1-39H. The van der Waals surface area contributed by atoms with E-state index in [-0.39, 0.29) is 0 Å². The highest BCUT2D eigenvalue weighted by Gasteiger charge is 2.16. The molecule has 0 fully saturated rings. The Morgan fingerprint density at radius 1 is 0.283 bits per heavy atom.